The van der Waals surface area contributed by atoms with E-state index >= 15 is 0 Å². The van der Waals surface area contributed by atoms with Crippen LogP contribution in [0.5, 0.6) is 0 Å². The third kappa shape index (κ3) is 2.39. The van der Waals surface area contributed by atoms with Crippen LogP contribution in [0.4, 0.5) is 0 Å². The average molecular weight is 429 g/mol. The predicted molar refractivity (Wildman–Crippen MR) is 130 cm³/mol. The molecule has 0 saturated carbocycles. The van der Waals surface area contributed by atoms with Gasteiger partial charge in [-0.3, -0.25) is 0 Å². The van der Waals surface area contributed by atoms with E-state index in [1.165, 1.54) is 0 Å². The fourth-order valence-corrected chi connectivity index (χ4v) is 11.7. The molecule has 2 N–H and O–H groups in total. The van der Waals surface area contributed by atoms with Gasteiger partial charge < -0.3 is 5.73 Å². The van der Waals surface area contributed by atoms with Crippen LogP contribution >= 0.6 is 16.4 Å². The zero-order valence-electron chi connectivity index (χ0n) is 16.7. The number of nitrogens with zero attached hydrogens (tertiary/aromatic N) is 1. The molecule has 150 valence electrons. The Balaban J connectivity index is 2.35. The molecule has 0 amide bonds. The number of hydrogen-bond donors (Lipinski definition) is 1. The van der Waals surface area contributed by atoms with Gasteiger partial charge in [-0.25, -0.2) is 0 Å². The van der Waals surface area contributed by atoms with E-state index in [9.17, 15) is 5.26 Å². The molecule has 2 nitrogen and oxygen atoms in total. The molecule has 0 aromatic heterocycles. The molecule has 0 fully saturated rings. The van der Waals surface area contributed by atoms with Crippen molar-refractivity contribution < 1.29 is 0 Å². The molecule has 0 aliphatic heterocycles. The van der Waals surface area contributed by atoms with Crippen molar-refractivity contribution in [2.24, 2.45) is 5.73 Å². The molecule has 0 heterocycles. The van der Waals surface area contributed by atoms with Gasteiger partial charge in [0.1, 0.15) is 5.40 Å². The van der Waals surface area contributed by atoms with Gasteiger partial charge in [0, 0.05) is 26.1 Å². The first-order chi connectivity index (χ1) is 14.5. The lowest BCUT2D eigenvalue weighted by Crippen LogP contribution is -2.29. The van der Waals surface area contributed by atoms with Gasteiger partial charge >= 0.3 is 0 Å². The normalized spacial score (nSPS) is 13.6. The van der Waals surface area contributed by atoms with Crippen molar-refractivity contribution in [3.63, 3.8) is 0 Å². The number of thiocyanates is 1. The maximum atomic E-state index is 11.4. The molecule has 0 aliphatic rings. The third-order valence-electron chi connectivity index (χ3n) is 6.05. The minimum Gasteiger partial charge on any atom is -0.326 e. The fourth-order valence-electron chi connectivity index (χ4n) is 4.32. The van der Waals surface area contributed by atoms with Crippen molar-refractivity contribution in [3.05, 3.63) is 121 Å². The van der Waals surface area contributed by atoms with Crippen molar-refractivity contribution in [3.8, 4) is 5.40 Å². The first-order valence-electron chi connectivity index (χ1n) is 9.80. The minimum atomic E-state index is -4.18. The Bertz CT molecular complexity index is 1110. The summed E-state index contributed by atoms with van der Waals surface area (Å²) in [5, 5.41) is 14.3. The van der Waals surface area contributed by atoms with Crippen LogP contribution in [0.1, 0.15) is 5.56 Å². The van der Waals surface area contributed by atoms with Gasteiger partial charge in [-0.1, -0.05) is 75.2 Å². The van der Waals surface area contributed by atoms with Crippen LogP contribution in [0.15, 0.2) is 135 Å². The second-order valence-electron chi connectivity index (χ2n) is 7.49. The van der Waals surface area contributed by atoms with Crippen LogP contribution in [0.3, 0.4) is 0 Å². The van der Waals surface area contributed by atoms with Crippen LogP contribution in [0, 0.1) is 10.7 Å². The summed E-state index contributed by atoms with van der Waals surface area (Å²) in [7, 11) is -1.05. The highest BCUT2D eigenvalue weighted by atomic mass is 32.8. The molecule has 4 aromatic rings. The van der Waals surface area contributed by atoms with Gasteiger partial charge in [0.05, 0.1) is 0 Å². The van der Waals surface area contributed by atoms with E-state index in [0.29, 0.717) is 6.54 Å². The summed E-state index contributed by atoms with van der Waals surface area (Å²) in [6.45, 7) is 0.461. The topological polar surface area (TPSA) is 49.8 Å². The van der Waals surface area contributed by atoms with E-state index in [0.717, 1.165) is 25.1 Å². The monoisotopic (exact) mass is 428 g/mol. The van der Waals surface area contributed by atoms with Crippen molar-refractivity contribution in [2.45, 2.75) is 26.1 Å². The summed E-state index contributed by atoms with van der Waals surface area (Å²) in [5.41, 5.74) is 6.92. The SMILES string of the molecule is N#CS(P)(c1ccccc1)(c1ccccc1)(c1ccccc1)c1ccc(CN)cc1. The maximum absolute atomic E-state index is 11.4. The second-order valence-corrected chi connectivity index (χ2v) is 16.3. The lowest BCUT2D eigenvalue weighted by Gasteiger charge is -2.72. The number of nitrogens with two attached hydrogens (primary N) is 1. The first-order valence-corrected chi connectivity index (χ1v) is 13.7. The summed E-state index contributed by atoms with van der Waals surface area (Å²) in [6.07, 6.45) is 0. The summed E-state index contributed by atoms with van der Waals surface area (Å²) >= 11 is 0. The quantitative estimate of drug-likeness (QED) is 0.280. The third-order valence-corrected chi connectivity index (χ3v) is 16.1. The number of benzene rings is 4. The Kier molecular flexibility index (Phi) is 4.83. The molecule has 0 saturated heterocycles. The highest BCUT2D eigenvalue weighted by Crippen LogP contribution is 3.10. The van der Waals surface area contributed by atoms with E-state index in [-0.39, 0.29) is 0 Å². The molecule has 1 unspecified atom stereocenters. The molecule has 30 heavy (non-hydrogen) atoms. The second kappa shape index (κ2) is 7.11. The lowest BCUT2D eigenvalue weighted by atomic mass is 10.2. The van der Waals surface area contributed by atoms with E-state index in [4.69, 9.17) is 5.73 Å². The largest absolute Gasteiger partial charge is 0.326 e. The molecule has 0 radical (unpaired) electrons. The number of nitriles is 1. The molecule has 1 atom stereocenters. The van der Waals surface area contributed by atoms with Gasteiger partial charge in [-0.2, -0.15) is 5.26 Å². The van der Waals surface area contributed by atoms with Gasteiger partial charge in [-0.15, -0.1) is 7.91 Å². The molecule has 4 rings (SSSR count). The summed E-state index contributed by atoms with van der Waals surface area (Å²) in [5.74, 6) is 0. The fraction of sp³-hybridized carbons (Fsp3) is 0.0385. The van der Waals surface area contributed by atoms with E-state index in [2.05, 4.69) is 62.4 Å². The smallest absolute Gasteiger partial charge is 0.117 e. The van der Waals surface area contributed by atoms with Crippen LogP contribution in [-0.2, 0) is 6.54 Å². The molecule has 4 heteroatoms. The van der Waals surface area contributed by atoms with Crippen molar-refractivity contribution in [1.82, 2.24) is 0 Å². The van der Waals surface area contributed by atoms with Crippen molar-refractivity contribution in [1.29, 1.82) is 5.26 Å². The zero-order chi connectivity index (χ0) is 21.1. The van der Waals surface area contributed by atoms with E-state index in [1.54, 1.807) is 0 Å². The maximum Gasteiger partial charge on any atom is 0.117 e. The van der Waals surface area contributed by atoms with Gasteiger partial charge in [0.2, 0.25) is 0 Å². The molecule has 0 bridgehead atoms. The molecular weight excluding hydrogens is 403 g/mol. The van der Waals surface area contributed by atoms with Crippen LogP contribution in [0.25, 0.3) is 0 Å². The highest BCUT2D eigenvalue weighted by molar-refractivity contribution is 8.95. The Morgan fingerprint density at radius 1 is 0.600 bits per heavy atom. The predicted octanol–water partition coefficient (Wildman–Crippen LogP) is 6.83. The standard InChI is InChI=1S/C26H25N2PS/c27-20-22-16-18-26(19-17-22)30(29,21-28,23-10-4-1-5-11-23,24-12-6-2-7-13-24)25-14-8-3-9-15-25/h1-19H,20,27,29H2. The van der Waals surface area contributed by atoms with Crippen molar-refractivity contribution in [2.75, 3.05) is 0 Å². The van der Waals surface area contributed by atoms with E-state index < -0.39 is 7.91 Å². The first kappa shape index (κ1) is 20.4. The highest BCUT2D eigenvalue weighted by Gasteiger charge is 2.63. The minimum absolute atomic E-state index is 0.461. The summed E-state index contributed by atoms with van der Waals surface area (Å²) < 4.78 is 0. The Hall–Kier alpha value is -2.89. The van der Waals surface area contributed by atoms with Gasteiger partial charge in [-0.05, 0) is 54.1 Å². The summed E-state index contributed by atoms with van der Waals surface area (Å²) in [6, 6.07) is 38.7. The number of hydrogen-bond acceptors (Lipinski definition) is 2. The molecule has 4 aromatic carbocycles. The molecule has 0 spiro atoms. The Morgan fingerprint density at radius 2 is 0.933 bits per heavy atom. The molecule has 0 aliphatic carbocycles. The number of rotatable bonds is 5. The van der Waals surface area contributed by atoms with Crippen LogP contribution in [-0.4, -0.2) is 0 Å². The van der Waals surface area contributed by atoms with Gasteiger partial charge in [0.15, 0.2) is 0 Å². The van der Waals surface area contributed by atoms with Gasteiger partial charge in [0.25, 0.3) is 0 Å². The van der Waals surface area contributed by atoms with Crippen LogP contribution < -0.4 is 5.73 Å². The summed E-state index contributed by atoms with van der Waals surface area (Å²) in [4.78, 5) is 3.89. The average Bonchev–Trinajstić information content (AvgIpc) is 2.86. The Labute approximate surface area is 179 Å². The Morgan fingerprint density at radius 3 is 1.23 bits per heavy atom. The lowest BCUT2D eigenvalue weighted by molar-refractivity contribution is 1.06. The van der Waals surface area contributed by atoms with Crippen LogP contribution in [0.2, 0.25) is 0 Å². The van der Waals surface area contributed by atoms with E-state index in [1.807, 2.05) is 66.7 Å². The van der Waals surface area contributed by atoms with Crippen molar-refractivity contribution >= 4 is 16.4 Å². The molecular formula is C26H25N2PS. The zero-order valence-corrected chi connectivity index (χ0v) is 18.7.